The number of allylic oxidation sites excluding steroid dienone is 3. The quantitative estimate of drug-likeness (QED) is 0.367. The van der Waals surface area contributed by atoms with Crippen molar-refractivity contribution in [3.05, 3.63) is 88.4 Å². The molecule has 2 aromatic carbocycles. The molecule has 2 heterocycles. The lowest BCUT2D eigenvalue weighted by atomic mass is 9.68. The van der Waals surface area contributed by atoms with E-state index < -0.39 is 5.92 Å². The molecule has 0 saturated carbocycles. The van der Waals surface area contributed by atoms with Crippen LogP contribution in [-0.2, 0) is 11.4 Å². The van der Waals surface area contributed by atoms with Gasteiger partial charge in [0.15, 0.2) is 10.1 Å². The van der Waals surface area contributed by atoms with Gasteiger partial charge in [-0.1, -0.05) is 79.4 Å². The van der Waals surface area contributed by atoms with Crippen molar-refractivity contribution in [3.8, 4) is 17.9 Å². The van der Waals surface area contributed by atoms with Crippen LogP contribution >= 0.6 is 23.1 Å². The summed E-state index contributed by atoms with van der Waals surface area (Å²) in [4.78, 5) is 15.5. The lowest BCUT2D eigenvalue weighted by Gasteiger charge is -2.42. The Morgan fingerprint density at radius 3 is 2.69 bits per heavy atom. The van der Waals surface area contributed by atoms with Crippen molar-refractivity contribution in [1.82, 2.24) is 10.2 Å². The Hall–Kier alpha value is -4.12. The summed E-state index contributed by atoms with van der Waals surface area (Å²) in [5.41, 5.74) is 9.78. The Morgan fingerprint density at radius 1 is 1.15 bits per heavy atom. The first kappa shape index (κ1) is 26.5. The van der Waals surface area contributed by atoms with Gasteiger partial charge in [-0.25, -0.2) is 0 Å². The van der Waals surface area contributed by atoms with Gasteiger partial charge in [0.1, 0.15) is 18.2 Å². The zero-order valence-corrected chi connectivity index (χ0v) is 23.2. The number of carbonyl (C=O) groups excluding carboxylic acids is 1. The van der Waals surface area contributed by atoms with E-state index in [0.717, 1.165) is 16.8 Å². The van der Waals surface area contributed by atoms with Crippen LogP contribution in [0.5, 0.6) is 5.75 Å². The van der Waals surface area contributed by atoms with Gasteiger partial charge < -0.3 is 10.5 Å². The summed E-state index contributed by atoms with van der Waals surface area (Å²) in [6, 6.07) is 21.8. The number of rotatable bonds is 7. The van der Waals surface area contributed by atoms with Crippen LogP contribution in [-0.4, -0.2) is 21.7 Å². The van der Waals surface area contributed by atoms with Gasteiger partial charge in [-0.2, -0.15) is 10.5 Å². The van der Waals surface area contributed by atoms with Crippen molar-refractivity contribution in [3.63, 3.8) is 0 Å². The van der Waals surface area contributed by atoms with E-state index in [9.17, 15) is 10.1 Å². The topological polar surface area (TPSA) is 129 Å². The molecule has 2 aliphatic rings. The molecule has 0 amide bonds. The minimum atomic E-state index is -0.620. The third-order valence-electron chi connectivity index (χ3n) is 6.67. The van der Waals surface area contributed by atoms with Crippen LogP contribution in [0.3, 0.4) is 0 Å². The predicted molar refractivity (Wildman–Crippen MR) is 151 cm³/mol. The zero-order chi connectivity index (χ0) is 27.6. The number of benzene rings is 2. The summed E-state index contributed by atoms with van der Waals surface area (Å²) in [6.07, 6.45) is 0.937. The van der Waals surface area contributed by atoms with Gasteiger partial charge in [0.25, 0.3) is 0 Å². The summed E-state index contributed by atoms with van der Waals surface area (Å²) in [6.45, 7) is 4.50. The SMILES string of the molecule is CC1(C)CC(=O)C2=C(C1)N(c1nnc(SCC#N)s1)C(N)=C(C#N)C2c1cccc(OCc2ccccc2)c1. The summed E-state index contributed by atoms with van der Waals surface area (Å²) < 4.78 is 6.67. The van der Waals surface area contributed by atoms with Gasteiger partial charge in [-0.05, 0) is 35.1 Å². The number of Topliss-reactive ketones (excluding diaryl/α,β-unsaturated/α-hetero) is 1. The minimum Gasteiger partial charge on any atom is -0.489 e. The fourth-order valence-corrected chi connectivity index (χ4v) is 6.57. The van der Waals surface area contributed by atoms with E-state index in [4.69, 9.17) is 15.7 Å². The maximum atomic E-state index is 13.8. The molecule has 10 heteroatoms. The van der Waals surface area contributed by atoms with E-state index in [0.29, 0.717) is 40.2 Å². The maximum Gasteiger partial charge on any atom is 0.219 e. The van der Waals surface area contributed by atoms with Crippen molar-refractivity contribution >= 4 is 34.0 Å². The number of hydrogen-bond acceptors (Lipinski definition) is 10. The Morgan fingerprint density at radius 2 is 1.95 bits per heavy atom. The van der Waals surface area contributed by atoms with Crippen molar-refractivity contribution in [1.29, 1.82) is 10.5 Å². The normalized spacial score (nSPS) is 18.4. The molecule has 0 radical (unpaired) electrons. The highest BCUT2D eigenvalue weighted by Crippen LogP contribution is 2.51. The highest BCUT2D eigenvalue weighted by Gasteiger charge is 2.45. The molecule has 1 aliphatic heterocycles. The summed E-state index contributed by atoms with van der Waals surface area (Å²) >= 11 is 2.57. The highest BCUT2D eigenvalue weighted by molar-refractivity contribution is 8.01. The van der Waals surface area contributed by atoms with Gasteiger partial charge in [0.2, 0.25) is 5.13 Å². The zero-order valence-electron chi connectivity index (χ0n) is 21.5. The number of anilines is 1. The van der Waals surface area contributed by atoms with Gasteiger partial charge in [0.05, 0.1) is 29.4 Å². The third kappa shape index (κ3) is 5.40. The molecule has 0 saturated heterocycles. The molecule has 1 aliphatic carbocycles. The van der Waals surface area contributed by atoms with Crippen LogP contribution in [0.25, 0.3) is 0 Å². The Labute approximate surface area is 235 Å². The van der Waals surface area contributed by atoms with Crippen molar-refractivity contribution < 1.29 is 9.53 Å². The standard InChI is InChI=1S/C29H26N6O2S2/c1-29(2)14-22-25(23(36)15-29)24(19-9-6-10-20(13-19)37-17-18-7-4-3-5-8-18)21(16-31)26(32)35(22)27-33-34-28(39-27)38-12-11-30/h3-10,13,24H,12,14-15,17,32H2,1-2H3. The average molecular weight is 555 g/mol. The molecule has 196 valence electrons. The van der Waals surface area contributed by atoms with Gasteiger partial charge >= 0.3 is 0 Å². The van der Waals surface area contributed by atoms with Crippen molar-refractivity contribution in [2.45, 2.75) is 43.6 Å². The molecule has 39 heavy (non-hydrogen) atoms. The van der Waals surface area contributed by atoms with E-state index in [-0.39, 0.29) is 28.3 Å². The number of carbonyl (C=O) groups is 1. The van der Waals surface area contributed by atoms with Crippen LogP contribution < -0.4 is 15.4 Å². The molecule has 0 spiro atoms. The van der Waals surface area contributed by atoms with E-state index in [1.165, 1.54) is 23.1 Å². The Bertz CT molecular complexity index is 1560. The first-order valence-electron chi connectivity index (χ1n) is 12.4. The molecule has 1 aromatic heterocycles. The minimum absolute atomic E-state index is 0.0179. The predicted octanol–water partition coefficient (Wildman–Crippen LogP) is 5.67. The number of ketones is 1. The van der Waals surface area contributed by atoms with E-state index >= 15 is 0 Å². The molecule has 1 unspecified atom stereocenters. The second-order valence-corrected chi connectivity index (χ2v) is 12.3. The number of hydrogen-bond donors (Lipinski definition) is 1. The Balaban J connectivity index is 1.58. The van der Waals surface area contributed by atoms with Gasteiger partial charge in [-0.3, -0.25) is 9.69 Å². The first-order chi connectivity index (χ1) is 18.8. The van der Waals surface area contributed by atoms with E-state index in [2.05, 4.69) is 22.3 Å². The number of nitriles is 2. The molecule has 3 aromatic rings. The maximum absolute atomic E-state index is 13.8. The third-order valence-corrected chi connectivity index (χ3v) is 8.58. The molecule has 1 atom stereocenters. The number of thioether (sulfide) groups is 1. The number of nitrogens with zero attached hydrogens (tertiary/aromatic N) is 5. The fourth-order valence-electron chi connectivity index (χ4n) is 5.03. The lowest BCUT2D eigenvalue weighted by molar-refractivity contribution is -0.118. The average Bonchev–Trinajstić information content (AvgIpc) is 3.38. The van der Waals surface area contributed by atoms with E-state index in [1.807, 2.05) is 68.4 Å². The molecule has 0 fully saturated rings. The summed E-state index contributed by atoms with van der Waals surface area (Å²) in [7, 11) is 0. The number of nitrogens with two attached hydrogens (primary N) is 1. The van der Waals surface area contributed by atoms with Gasteiger partial charge in [0, 0.05) is 17.7 Å². The highest BCUT2D eigenvalue weighted by atomic mass is 32.2. The molecule has 5 rings (SSSR count). The lowest BCUT2D eigenvalue weighted by Crippen LogP contribution is -2.42. The second-order valence-electron chi connectivity index (χ2n) is 10.1. The van der Waals surface area contributed by atoms with Crippen LogP contribution in [0, 0.1) is 28.1 Å². The van der Waals surface area contributed by atoms with Gasteiger partial charge in [-0.15, -0.1) is 10.2 Å². The first-order valence-corrected chi connectivity index (χ1v) is 14.2. The summed E-state index contributed by atoms with van der Waals surface area (Å²) in [5.74, 6) is 0.480. The number of aromatic nitrogens is 2. The molecule has 0 bridgehead atoms. The molecule has 8 nitrogen and oxygen atoms in total. The smallest absolute Gasteiger partial charge is 0.219 e. The van der Waals surface area contributed by atoms with Crippen molar-refractivity contribution in [2.24, 2.45) is 11.1 Å². The monoisotopic (exact) mass is 554 g/mol. The summed E-state index contributed by atoms with van der Waals surface area (Å²) in [5, 5.41) is 28.2. The van der Waals surface area contributed by atoms with Crippen LogP contribution in [0.15, 0.2) is 81.6 Å². The van der Waals surface area contributed by atoms with Crippen molar-refractivity contribution in [2.75, 3.05) is 10.7 Å². The van der Waals surface area contributed by atoms with Crippen LogP contribution in [0.4, 0.5) is 5.13 Å². The second kappa shape index (κ2) is 10.9. The Kier molecular flexibility index (Phi) is 7.42. The fraction of sp³-hybridized carbons (Fsp3) is 0.276. The van der Waals surface area contributed by atoms with E-state index in [1.54, 1.807) is 4.90 Å². The molecular weight excluding hydrogens is 528 g/mol. The molecular formula is C29H26N6O2S2. The molecule has 2 N–H and O–H groups in total. The van der Waals surface area contributed by atoms with Crippen LogP contribution in [0.2, 0.25) is 0 Å². The number of ether oxygens (including phenoxy) is 1. The largest absolute Gasteiger partial charge is 0.489 e. The van der Waals surface area contributed by atoms with Crippen LogP contribution in [0.1, 0.15) is 43.7 Å².